The molecule has 0 saturated carbocycles. The summed E-state index contributed by atoms with van der Waals surface area (Å²) in [5.41, 5.74) is 3.84. The Bertz CT molecular complexity index is 1340. The number of ether oxygens (including phenoxy) is 1. The molecule has 0 amide bonds. The summed E-state index contributed by atoms with van der Waals surface area (Å²) in [6, 6.07) is 19.1. The van der Waals surface area contributed by atoms with Gasteiger partial charge in [0, 0.05) is 24.9 Å². The fraction of sp³-hybridized carbons (Fsp3) is 0.200. The number of anilines is 1. The number of esters is 1. The third kappa shape index (κ3) is 3.77. The van der Waals surface area contributed by atoms with Crippen LogP contribution in [0.1, 0.15) is 6.92 Å². The standard InChI is InChI=1S/C25H23ClN2O3/c1-4-31-22(29)15-28-21-13-10-17(16-8-6-5-7-9-16)14-19(21)25(30)18-11-12-20(26)24(23(18)28)27(2)3/h5-14H,4,15H2,1-3H3. The molecule has 0 atom stereocenters. The first-order valence-corrected chi connectivity index (χ1v) is 10.5. The van der Waals surface area contributed by atoms with Crippen LogP contribution in [0.25, 0.3) is 32.9 Å². The molecule has 1 aromatic heterocycles. The number of halogens is 1. The molecule has 6 heteroatoms. The number of aromatic nitrogens is 1. The molecule has 0 unspecified atom stereocenters. The van der Waals surface area contributed by atoms with Crippen LogP contribution < -0.4 is 10.3 Å². The van der Waals surface area contributed by atoms with E-state index in [1.165, 1.54) is 0 Å². The van der Waals surface area contributed by atoms with Gasteiger partial charge in [0.25, 0.3) is 0 Å². The van der Waals surface area contributed by atoms with Gasteiger partial charge in [0.1, 0.15) is 6.54 Å². The maximum absolute atomic E-state index is 13.5. The molecule has 0 spiro atoms. The molecule has 31 heavy (non-hydrogen) atoms. The fourth-order valence-electron chi connectivity index (χ4n) is 3.97. The summed E-state index contributed by atoms with van der Waals surface area (Å²) in [7, 11) is 3.73. The van der Waals surface area contributed by atoms with Gasteiger partial charge in [-0.2, -0.15) is 0 Å². The number of fused-ring (bicyclic) bond motifs is 2. The average molecular weight is 435 g/mol. The maximum Gasteiger partial charge on any atom is 0.325 e. The third-order valence-electron chi connectivity index (χ3n) is 5.30. The Hall–Kier alpha value is -3.31. The van der Waals surface area contributed by atoms with Crippen LogP contribution in [0.3, 0.4) is 0 Å². The van der Waals surface area contributed by atoms with E-state index in [1.54, 1.807) is 19.1 Å². The Morgan fingerprint density at radius 3 is 2.42 bits per heavy atom. The highest BCUT2D eigenvalue weighted by atomic mass is 35.5. The van der Waals surface area contributed by atoms with E-state index in [2.05, 4.69) is 0 Å². The zero-order chi connectivity index (χ0) is 22.1. The van der Waals surface area contributed by atoms with Gasteiger partial charge in [0.2, 0.25) is 0 Å². The minimum atomic E-state index is -0.370. The first-order chi connectivity index (χ1) is 14.9. The molecule has 0 aliphatic rings. The van der Waals surface area contributed by atoms with Crippen molar-refractivity contribution < 1.29 is 9.53 Å². The SMILES string of the molecule is CCOC(=O)Cn1c2ccc(-c3ccccc3)cc2c(=O)c2ccc(Cl)c(N(C)C)c21. The number of hydrogen-bond donors (Lipinski definition) is 0. The molecule has 0 N–H and O–H groups in total. The van der Waals surface area contributed by atoms with Gasteiger partial charge in [-0.25, -0.2) is 0 Å². The Balaban J connectivity index is 2.10. The Morgan fingerprint density at radius 2 is 1.74 bits per heavy atom. The molecule has 0 saturated heterocycles. The fourth-order valence-corrected chi connectivity index (χ4v) is 4.29. The quantitative estimate of drug-likeness (QED) is 0.324. The third-order valence-corrected chi connectivity index (χ3v) is 5.60. The van der Waals surface area contributed by atoms with Crippen LogP contribution in [0.4, 0.5) is 5.69 Å². The summed E-state index contributed by atoms with van der Waals surface area (Å²) < 4.78 is 7.05. The Kier molecular flexibility index (Phi) is 5.70. The zero-order valence-corrected chi connectivity index (χ0v) is 18.4. The Labute approximate surface area is 185 Å². The normalized spacial score (nSPS) is 11.1. The molecular weight excluding hydrogens is 412 g/mol. The van der Waals surface area contributed by atoms with Gasteiger partial charge in [-0.15, -0.1) is 0 Å². The largest absolute Gasteiger partial charge is 0.465 e. The molecule has 4 rings (SSSR count). The second-order valence-electron chi connectivity index (χ2n) is 7.50. The number of carbonyl (C=O) groups is 1. The van der Waals surface area contributed by atoms with Crippen molar-refractivity contribution in [3.8, 4) is 11.1 Å². The molecular formula is C25H23ClN2O3. The number of hydrogen-bond acceptors (Lipinski definition) is 4. The van der Waals surface area contributed by atoms with Gasteiger partial charge in [-0.05, 0) is 42.3 Å². The first kappa shape index (κ1) is 20.9. The average Bonchev–Trinajstić information content (AvgIpc) is 2.76. The van der Waals surface area contributed by atoms with E-state index in [9.17, 15) is 9.59 Å². The van der Waals surface area contributed by atoms with Crippen molar-refractivity contribution in [3.05, 3.63) is 75.9 Å². The lowest BCUT2D eigenvalue weighted by molar-refractivity contribution is -0.143. The summed E-state index contributed by atoms with van der Waals surface area (Å²) >= 11 is 6.50. The molecule has 4 aromatic rings. The lowest BCUT2D eigenvalue weighted by Gasteiger charge is -2.22. The van der Waals surface area contributed by atoms with Gasteiger partial charge in [-0.1, -0.05) is 48.0 Å². The highest BCUT2D eigenvalue weighted by Crippen LogP contribution is 2.35. The smallest absolute Gasteiger partial charge is 0.325 e. The van der Waals surface area contributed by atoms with E-state index in [0.717, 1.165) is 11.1 Å². The van der Waals surface area contributed by atoms with Gasteiger partial charge in [0.05, 0.1) is 28.4 Å². The van der Waals surface area contributed by atoms with E-state index < -0.39 is 0 Å². The van der Waals surface area contributed by atoms with Gasteiger partial charge >= 0.3 is 5.97 Å². The summed E-state index contributed by atoms with van der Waals surface area (Å²) in [5.74, 6) is -0.370. The summed E-state index contributed by atoms with van der Waals surface area (Å²) in [6.45, 7) is 2.04. The minimum Gasteiger partial charge on any atom is -0.465 e. The Morgan fingerprint density at radius 1 is 1.00 bits per heavy atom. The van der Waals surface area contributed by atoms with E-state index in [0.29, 0.717) is 32.5 Å². The van der Waals surface area contributed by atoms with Crippen LogP contribution in [-0.4, -0.2) is 31.2 Å². The number of pyridine rings is 1. The maximum atomic E-state index is 13.5. The molecule has 0 radical (unpaired) electrons. The topological polar surface area (TPSA) is 51.5 Å². The highest BCUT2D eigenvalue weighted by molar-refractivity contribution is 6.35. The highest BCUT2D eigenvalue weighted by Gasteiger charge is 2.20. The molecule has 0 bridgehead atoms. The van der Waals surface area contributed by atoms with Crippen LogP contribution >= 0.6 is 11.6 Å². The second-order valence-corrected chi connectivity index (χ2v) is 7.91. The van der Waals surface area contributed by atoms with Gasteiger partial charge in [0.15, 0.2) is 5.43 Å². The summed E-state index contributed by atoms with van der Waals surface area (Å²) in [6.07, 6.45) is 0. The monoisotopic (exact) mass is 434 g/mol. The van der Waals surface area contributed by atoms with Crippen LogP contribution in [0.15, 0.2) is 65.5 Å². The van der Waals surface area contributed by atoms with Crippen LogP contribution in [0.2, 0.25) is 5.02 Å². The zero-order valence-electron chi connectivity index (χ0n) is 17.7. The second kappa shape index (κ2) is 8.44. The number of carbonyl (C=O) groups excluding carboxylic acids is 1. The van der Waals surface area contributed by atoms with Crippen molar-refractivity contribution >= 4 is 45.1 Å². The summed E-state index contributed by atoms with van der Waals surface area (Å²) in [4.78, 5) is 27.9. The lowest BCUT2D eigenvalue weighted by atomic mass is 10.0. The van der Waals surface area contributed by atoms with Crippen LogP contribution in [0, 0.1) is 0 Å². The molecule has 3 aromatic carbocycles. The molecule has 0 aliphatic carbocycles. The van der Waals surface area contributed by atoms with Crippen molar-refractivity contribution in [2.75, 3.05) is 25.6 Å². The predicted molar refractivity (Wildman–Crippen MR) is 127 cm³/mol. The van der Waals surface area contributed by atoms with Crippen molar-refractivity contribution in [1.82, 2.24) is 4.57 Å². The molecule has 5 nitrogen and oxygen atoms in total. The summed E-state index contributed by atoms with van der Waals surface area (Å²) in [5, 5.41) is 1.56. The van der Waals surface area contributed by atoms with Crippen molar-refractivity contribution in [2.45, 2.75) is 13.5 Å². The van der Waals surface area contributed by atoms with Crippen molar-refractivity contribution in [3.63, 3.8) is 0 Å². The van der Waals surface area contributed by atoms with Gasteiger partial charge in [-0.3, -0.25) is 9.59 Å². The van der Waals surface area contributed by atoms with Crippen LogP contribution in [-0.2, 0) is 16.1 Å². The molecule has 0 aliphatic heterocycles. The van der Waals surface area contributed by atoms with Crippen LogP contribution in [0.5, 0.6) is 0 Å². The molecule has 158 valence electrons. The number of benzene rings is 3. The van der Waals surface area contributed by atoms with Crippen molar-refractivity contribution in [1.29, 1.82) is 0 Å². The first-order valence-electron chi connectivity index (χ1n) is 10.1. The molecule has 1 heterocycles. The van der Waals surface area contributed by atoms with E-state index in [-0.39, 0.29) is 24.5 Å². The van der Waals surface area contributed by atoms with E-state index >= 15 is 0 Å². The number of nitrogens with zero attached hydrogens (tertiary/aromatic N) is 2. The molecule has 0 fully saturated rings. The van der Waals surface area contributed by atoms with Crippen molar-refractivity contribution in [2.24, 2.45) is 0 Å². The predicted octanol–water partition coefficient (Wildman–Crippen LogP) is 5.10. The minimum absolute atomic E-state index is 0.0208. The number of rotatable bonds is 5. The van der Waals surface area contributed by atoms with E-state index in [1.807, 2.05) is 72.1 Å². The van der Waals surface area contributed by atoms with E-state index in [4.69, 9.17) is 16.3 Å². The van der Waals surface area contributed by atoms with Gasteiger partial charge < -0.3 is 14.2 Å². The lowest BCUT2D eigenvalue weighted by Crippen LogP contribution is -2.21.